The molecule has 0 unspecified atom stereocenters. The molecule has 1 aliphatic carbocycles. The summed E-state index contributed by atoms with van der Waals surface area (Å²) in [4.78, 5) is 10.6. The van der Waals surface area contributed by atoms with Gasteiger partial charge in [0.05, 0.1) is 0 Å². The van der Waals surface area contributed by atoms with Gasteiger partial charge in [-0.05, 0) is 18.8 Å². The second kappa shape index (κ2) is 1.57. The smallest absolute Gasteiger partial charge is 0.133 e. The molecule has 2 atom stereocenters. The normalized spacial score (nSPS) is 44.1. The minimum Gasteiger partial charge on any atom is -0.300 e. The van der Waals surface area contributed by atoms with E-state index in [1.165, 1.54) is 0 Å². The van der Waals surface area contributed by atoms with Crippen LogP contribution in [0.4, 0.5) is 0 Å². The van der Waals surface area contributed by atoms with E-state index in [9.17, 15) is 4.79 Å². The van der Waals surface area contributed by atoms with E-state index in [-0.39, 0.29) is 0 Å². The molecule has 0 bridgehead atoms. The molecule has 8 heavy (non-hydrogen) atoms. The minimum atomic E-state index is 0.366. The zero-order valence-electron chi connectivity index (χ0n) is 5.64. The number of hydrogen-bond acceptors (Lipinski definition) is 1. The molecule has 1 rings (SSSR count). The van der Waals surface area contributed by atoms with Crippen LogP contribution in [0.1, 0.15) is 20.8 Å². The Morgan fingerprint density at radius 2 is 1.62 bits per heavy atom. The number of Topliss-reactive ketones (excluding diaryl/α,β-unsaturated/α-hetero) is 1. The summed E-state index contributed by atoms with van der Waals surface area (Å²) >= 11 is 0. The van der Waals surface area contributed by atoms with Gasteiger partial charge in [-0.2, -0.15) is 0 Å². The number of carbonyl (C=O) groups is 1. The first-order chi connectivity index (χ1) is 3.64. The topological polar surface area (TPSA) is 17.1 Å². The fraction of sp³-hybridized carbons (Fsp3) is 0.857. The van der Waals surface area contributed by atoms with Gasteiger partial charge in [-0.1, -0.05) is 13.8 Å². The maximum Gasteiger partial charge on any atom is 0.133 e. The van der Waals surface area contributed by atoms with Crippen molar-refractivity contribution in [1.29, 1.82) is 0 Å². The number of hydrogen-bond donors (Lipinski definition) is 0. The molecule has 1 fully saturated rings. The van der Waals surface area contributed by atoms with Crippen LogP contribution in [0.3, 0.4) is 0 Å². The monoisotopic (exact) mass is 112 g/mol. The number of ketones is 1. The van der Waals surface area contributed by atoms with Gasteiger partial charge in [0.15, 0.2) is 0 Å². The molecule has 1 saturated carbocycles. The molecule has 0 N–H and O–H groups in total. The lowest BCUT2D eigenvalue weighted by atomic mass is 10.2. The summed E-state index contributed by atoms with van der Waals surface area (Å²) in [6.07, 6.45) is 0. The Hall–Kier alpha value is -0.330. The van der Waals surface area contributed by atoms with Crippen molar-refractivity contribution in [3.05, 3.63) is 0 Å². The highest BCUT2D eigenvalue weighted by Gasteiger charge is 2.45. The zero-order chi connectivity index (χ0) is 6.31. The fourth-order valence-corrected chi connectivity index (χ4v) is 1.40. The van der Waals surface area contributed by atoms with Crippen molar-refractivity contribution >= 4 is 5.78 Å². The van der Waals surface area contributed by atoms with Crippen LogP contribution in [0.15, 0.2) is 0 Å². The van der Waals surface area contributed by atoms with Crippen LogP contribution in [0.2, 0.25) is 0 Å². The highest BCUT2D eigenvalue weighted by molar-refractivity contribution is 5.81. The lowest BCUT2D eigenvalue weighted by molar-refractivity contribution is -0.118. The van der Waals surface area contributed by atoms with E-state index in [1.54, 1.807) is 6.92 Å². The molecular formula is C7H12O. The Morgan fingerprint density at radius 3 is 1.62 bits per heavy atom. The standard InChI is InChI=1S/C7H12O/c1-4-5(2)7(4)6(3)8/h4-5,7H,1-3H3/t4-,5-/m1/s1. The van der Waals surface area contributed by atoms with Gasteiger partial charge in [-0.3, -0.25) is 4.79 Å². The average Bonchev–Trinajstić information content (AvgIpc) is 2.15. The number of rotatable bonds is 1. The maximum atomic E-state index is 10.6. The maximum absolute atomic E-state index is 10.6. The molecule has 0 saturated heterocycles. The molecular weight excluding hydrogens is 100 g/mol. The van der Waals surface area contributed by atoms with E-state index < -0.39 is 0 Å². The van der Waals surface area contributed by atoms with Crippen molar-refractivity contribution in [2.45, 2.75) is 20.8 Å². The lowest BCUT2D eigenvalue weighted by Gasteiger charge is -1.82. The summed E-state index contributed by atoms with van der Waals surface area (Å²) in [5.41, 5.74) is 0. The predicted molar refractivity (Wildman–Crippen MR) is 32.5 cm³/mol. The molecule has 0 aliphatic heterocycles. The van der Waals surface area contributed by atoms with Crippen molar-refractivity contribution in [1.82, 2.24) is 0 Å². The molecule has 0 aromatic carbocycles. The molecule has 46 valence electrons. The SMILES string of the molecule is CC(=O)C1[C@H](C)[C@H]1C. The van der Waals surface area contributed by atoms with Gasteiger partial charge in [0.25, 0.3) is 0 Å². The van der Waals surface area contributed by atoms with E-state index in [0.29, 0.717) is 23.5 Å². The van der Waals surface area contributed by atoms with E-state index in [0.717, 1.165) is 0 Å². The highest BCUT2D eigenvalue weighted by atomic mass is 16.1. The van der Waals surface area contributed by atoms with Crippen LogP contribution in [0.25, 0.3) is 0 Å². The Morgan fingerprint density at radius 1 is 1.25 bits per heavy atom. The Kier molecular flexibility index (Phi) is 1.14. The van der Waals surface area contributed by atoms with E-state index >= 15 is 0 Å². The minimum absolute atomic E-state index is 0.366. The third-order valence-electron chi connectivity index (χ3n) is 2.29. The fourth-order valence-electron chi connectivity index (χ4n) is 1.40. The zero-order valence-corrected chi connectivity index (χ0v) is 5.64. The first-order valence-electron chi connectivity index (χ1n) is 3.15. The van der Waals surface area contributed by atoms with Gasteiger partial charge < -0.3 is 0 Å². The molecule has 0 spiro atoms. The summed E-state index contributed by atoms with van der Waals surface area (Å²) in [6, 6.07) is 0. The van der Waals surface area contributed by atoms with E-state index in [2.05, 4.69) is 13.8 Å². The summed E-state index contributed by atoms with van der Waals surface area (Å²) < 4.78 is 0. The van der Waals surface area contributed by atoms with Crippen LogP contribution < -0.4 is 0 Å². The molecule has 1 heteroatoms. The largest absolute Gasteiger partial charge is 0.300 e. The Labute approximate surface area is 50.1 Å². The molecule has 0 heterocycles. The summed E-state index contributed by atoms with van der Waals surface area (Å²) in [7, 11) is 0. The van der Waals surface area contributed by atoms with Gasteiger partial charge in [0.2, 0.25) is 0 Å². The van der Waals surface area contributed by atoms with Gasteiger partial charge >= 0.3 is 0 Å². The molecule has 1 nitrogen and oxygen atoms in total. The Balaban J connectivity index is 2.44. The van der Waals surface area contributed by atoms with Gasteiger partial charge in [-0.25, -0.2) is 0 Å². The molecule has 0 aromatic rings. The first kappa shape index (κ1) is 5.80. The summed E-state index contributed by atoms with van der Waals surface area (Å²) in [5, 5.41) is 0. The molecule has 0 amide bonds. The molecule has 1 aliphatic rings. The van der Waals surface area contributed by atoms with Gasteiger partial charge in [0, 0.05) is 5.92 Å². The van der Waals surface area contributed by atoms with E-state index in [1.807, 2.05) is 0 Å². The van der Waals surface area contributed by atoms with Crippen LogP contribution in [0.5, 0.6) is 0 Å². The number of carbonyl (C=O) groups excluding carboxylic acids is 1. The summed E-state index contributed by atoms with van der Waals surface area (Å²) in [6.45, 7) is 5.96. The van der Waals surface area contributed by atoms with Crippen molar-refractivity contribution in [2.75, 3.05) is 0 Å². The van der Waals surface area contributed by atoms with Gasteiger partial charge in [-0.15, -0.1) is 0 Å². The quantitative estimate of drug-likeness (QED) is 0.502. The summed E-state index contributed by atoms with van der Waals surface area (Å²) in [5.74, 6) is 2.08. The van der Waals surface area contributed by atoms with Crippen molar-refractivity contribution in [2.24, 2.45) is 17.8 Å². The second-order valence-electron chi connectivity index (χ2n) is 2.85. The Bertz CT molecular complexity index is 110. The first-order valence-corrected chi connectivity index (χ1v) is 3.15. The van der Waals surface area contributed by atoms with Crippen molar-refractivity contribution < 1.29 is 4.79 Å². The van der Waals surface area contributed by atoms with Crippen LogP contribution >= 0.6 is 0 Å². The van der Waals surface area contributed by atoms with Crippen molar-refractivity contribution in [3.8, 4) is 0 Å². The predicted octanol–water partition coefficient (Wildman–Crippen LogP) is 1.48. The third kappa shape index (κ3) is 0.662. The third-order valence-corrected chi connectivity index (χ3v) is 2.29. The lowest BCUT2D eigenvalue weighted by Crippen LogP contribution is -1.93. The van der Waals surface area contributed by atoms with Crippen LogP contribution in [0, 0.1) is 17.8 Å². The van der Waals surface area contributed by atoms with Gasteiger partial charge in [0.1, 0.15) is 5.78 Å². The average molecular weight is 112 g/mol. The highest BCUT2D eigenvalue weighted by Crippen LogP contribution is 2.45. The molecule has 0 radical (unpaired) electrons. The van der Waals surface area contributed by atoms with Crippen LogP contribution in [-0.4, -0.2) is 5.78 Å². The van der Waals surface area contributed by atoms with Crippen LogP contribution in [-0.2, 0) is 4.79 Å². The molecule has 0 aromatic heterocycles. The second-order valence-corrected chi connectivity index (χ2v) is 2.85. The van der Waals surface area contributed by atoms with E-state index in [4.69, 9.17) is 0 Å². The van der Waals surface area contributed by atoms with Crippen molar-refractivity contribution in [3.63, 3.8) is 0 Å².